The van der Waals surface area contributed by atoms with Crippen LogP contribution in [0, 0.1) is 6.92 Å². The molecule has 1 fully saturated rings. The van der Waals surface area contributed by atoms with E-state index in [-0.39, 0.29) is 6.04 Å². The highest BCUT2D eigenvalue weighted by atomic mass is 16.2. The van der Waals surface area contributed by atoms with Gasteiger partial charge in [-0.3, -0.25) is 14.5 Å². The molecule has 0 bridgehead atoms. The molecular weight excluding hydrogens is 374 g/mol. The van der Waals surface area contributed by atoms with Crippen molar-refractivity contribution in [3.05, 3.63) is 77.9 Å². The zero-order valence-electron chi connectivity index (χ0n) is 17.2. The molecule has 0 radical (unpaired) electrons. The second-order valence-corrected chi connectivity index (χ2v) is 7.86. The number of aryl methyl sites for hydroxylation is 1. The van der Waals surface area contributed by atoms with Crippen molar-refractivity contribution >= 4 is 28.3 Å². The Morgan fingerprint density at radius 1 is 0.900 bits per heavy atom. The first-order chi connectivity index (χ1) is 14.6. The highest BCUT2D eigenvalue weighted by molar-refractivity contribution is 6.39. The zero-order chi connectivity index (χ0) is 20.9. The molecular formula is C25H27N3O2. The van der Waals surface area contributed by atoms with Gasteiger partial charge in [0.1, 0.15) is 0 Å². The summed E-state index contributed by atoms with van der Waals surface area (Å²) in [6.07, 6.45) is 2.31. The number of carbonyl (C=O) groups is 2. The van der Waals surface area contributed by atoms with Crippen molar-refractivity contribution in [3.8, 4) is 0 Å². The van der Waals surface area contributed by atoms with E-state index in [0.29, 0.717) is 12.2 Å². The fourth-order valence-corrected chi connectivity index (χ4v) is 4.12. The Bertz CT molecular complexity index is 1030. The van der Waals surface area contributed by atoms with Crippen LogP contribution in [-0.2, 0) is 9.59 Å². The number of hydrogen-bond acceptors (Lipinski definition) is 3. The minimum absolute atomic E-state index is 0.0368. The van der Waals surface area contributed by atoms with Gasteiger partial charge in [0.15, 0.2) is 0 Å². The number of rotatable bonds is 5. The molecule has 4 rings (SSSR count). The fourth-order valence-electron chi connectivity index (χ4n) is 4.12. The molecule has 0 aliphatic carbocycles. The van der Waals surface area contributed by atoms with E-state index in [0.717, 1.165) is 31.5 Å². The van der Waals surface area contributed by atoms with Crippen LogP contribution in [0.25, 0.3) is 10.8 Å². The van der Waals surface area contributed by atoms with Gasteiger partial charge in [-0.15, -0.1) is 0 Å². The summed E-state index contributed by atoms with van der Waals surface area (Å²) in [6.45, 7) is 4.37. The molecule has 3 aromatic carbocycles. The second-order valence-electron chi connectivity index (χ2n) is 7.86. The summed E-state index contributed by atoms with van der Waals surface area (Å²) in [7, 11) is 0. The van der Waals surface area contributed by atoms with Crippen molar-refractivity contribution < 1.29 is 9.59 Å². The van der Waals surface area contributed by atoms with Gasteiger partial charge in [-0.1, -0.05) is 60.2 Å². The number of benzene rings is 3. The summed E-state index contributed by atoms with van der Waals surface area (Å²) >= 11 is 0. The van der Waals surface area contributed by atoms with E-state index in [9.17, 15) is 9.59 Å². The van der Waals surface area contributed by atoms with Crippen LogP contribution >= 0.6 is 0 Å². The summed E-state index contributed by atoms with van der Waals surface area (Å²) in [4.78, 5) is 27.2. The number of carbonyl (C=O) groups excluding carboxylic acids is 2. The van der Waals surface area contributed by atoms with E-state index in [1.165, 1.54) is 16.3 Å². The van der Waals surface area contributed by atoms with Crippen LogP contribution in [0.15, 0.2) is 66.7 Å². The lowest BCUT2D eigenvalue weighted by atomic mass is 9.97. The minimum atomic E-state index is -0.642. The third-order valence-corrected chi connectivity index (χ3v) is 5.74. The van der Waals surface area contributed by atoms with Crippen molar-refractivity contribution in [2.24, 2.45) is 0 Å². The van der Waals surface area contributed by atoms with Crippen LogP contribution in [0.1, 0.15) is 30.0 Å². The maximum absolute atomic E-state index is 12.5. The van der Waals surface area contributed by atoms with Gasteiger partial charge in [0.05, 0.1) is 6.04 Å². The van der Waals surface area contributed by atoms with Crippen molar-refractivity contribution in [2.45, 2.75) is 25.8 Å². The highest BCUT2D eigenvalue weighted by Gasteiger charge is 2.26. The predicted molar refractivity (Wildman–Crippen MR) is 120 cm³/mol. The van der Waals surface area contributed by atoms with Crippen LogP contribution < -0.4 is 10.6 Å². The maximum Gasteiger partial charge on any atom is 0.313 e. The lowest BCUT2D eigenvalue weighted by Crippen LogP contribution is -2.41. The minimum Gasteiger partial charge on any atom is -0.346 e. The molecule has 0 saturated carbocycles. The van der Waals surface area contributed by atoms with Crippen molar-refractivity contribution in [1.29, 1.82) is 0 Å². The largest absolute Gasteiger partial charge is 0.346 e. The molecule has 5 heteroatoms. The van der Waals surface area contributed by atoms with Gasteiger partial charge < -0.3 is 10.6 Å². The Hall–Kier alpha value is -3.18. The summed E-state index contributed by atoms with van der Waals surface area (Å²) in [6, 6.07) is 22.0. The topological polar surface area (TPSA) is 61.4 Å². The fraction of sp³-hybridized carbons (Fsp3) is 0.280. The second kappa shape index (κ2) is 9.09. The van der Waals surface area contributed by atoms with E-state index in [2.05, 4.69) is 45.9 Å². The number of likely N-dealkylation sites (tertiary alicyclic amines) is 1. The zero-order valence-corrected chi connectivity index (χ0v) is 17.2. The molecule has 1 aliphatic rings. The highest BCUT2D eigenvalue weighted by Crippen LogP contribution is 2.30. The Labute approximate surface area is 177 Å². The molecule has 30 heavy (non-hydrogen) atoms. The average molecular weight is 402 g/mol. The van der Waals surface area contributed by atoms with Gasteiger partial charge in [0.2, 0.25) is 0 Å². The molecule has 5 nitrogen and oxygen atoms in total. The number of hydrogen-bond donors (Lipinski definition) is 2. The number of nitrogens with one attached hydrogen (secondary N) is 2. The molecule has 154 valence electrons. The first-order valence-corrected chi connectivity index (χ1v) is 10.5. The summed E-state index contributed by atoms with van der Waals surface area (Å²) < 4.78 is 0. The van der Waals surface area contributed by atoms with Crippen molar-refractivity contribution in [3.63, 3.8) is 0 Å². The Balaban J connectivity index is 1.49. The van der Waals surface area contributed by atoms with Crippen LogP contribution in [0.3, 0.4) is 0 Å². The van der Waals surface area contributed by atoms with Crippen LogP contribution in [0.4, 0.5) is 5.69 Å². The van der Waals surface area contributed by atoms with Crippen LogP contribution in [-0.4, -0.2) is 36.3 Å². The van der Waals surface area contributed by atoms with E-state index in [1.807, 2.05) is 31.2 Å². The first kappa shape index (κ1) is 20.1. The SMILES string of the molecule is Cc1ccc(NC(=O)C(=O)NC[C@@H](c2cccc3ccccc23)N2CCCC2)cc1. The number of anilines is 1. The van der Waals surface area contributed by atoms with E-state index in [4.69, 9.17) is 0 Å². The third-order valence-electron chi connectivity index (χ3n) is 5.74. The van der Waals surface area contributed by atoms with Crippen molar-refractivity contribution in [2.75, 3.05) is 25.0 Å². The summed E-state index contributed by atoms with van der Waals surface area (Å²) in [5.74, 6) is -1.25. The third kappa shape index (κ3) is 4.52. The van der Waals surface area contributed by atoms with Gasteiger partial charge in [0, 0.05) is 12.2 Å². The normalized spacial score (nSPS) is 15.1. The quantitative estimate of drug-likeness (QED) is 0.635. The number of nitrogens with zero attached hydrogens (tertiary/aromatic N) is 1. The average Bonchev–Trinajstić information content (AvgIpc) is 3.30. The standard InChI is InChI=1S/C25H27N3O2/c1-18-11-13-20(14-12-18)27-25(30)24(29)26-17-23(28-15-4-5-16-28)22-10-6-8-19-7-2-3-9-21(19)22/h2-3,6-14,23H,4-5,15-17H2,1H3,(H,26,29)(H,27,30)/t23-/m0/s1. The smallest absolute Gasteiger partial charge is 0.313 e. The molecule has 3 aromatic rings. The van der Waals surface area contributed by atoms with Crippen LogP contribution in [0.5, 0.6) is 0 Å². The maximum atomic E-state index is 12.5. The molecule has 1 saturated heterocycles. The molecule has 1 aliphatic heterocycles. The van der Waals surface area contributed by atoms with Gasteiger partial charge >= 0.3 is 11.8 Å². The van der Waals surface area contributed by atoms with E-state index >= 15 is 0 Å². The Kier molecular flexibility index (Phi) is 6.10. The van der Waals surface area contributed by atoms with Gasteiger partial charge in [-0.05, 0) is 61.3 Å². The lowest BCUT2D eigenvalue weighted by molar-refractivity contribution is -0.136. The monoisotopic (exact) mass is 401 g/mol. The number of amides is 2. The van der Waals surface area contributed by atoms with E-state index in [1.54, 1.807) is 12.1 Å². The predicted octanol–water partition coefficient (Wildman–Crippen LogP) is 4.04. The Morgan fingerprint density at radius 2 is 1.60 bits per heavy atom. The van der Waals surface area contributed by atoms with Gasteiger partial charge in [-0.25, -0.2) is 0 Å². The number of fused-ring (bicyclic) bond motifs is 1. The van der Waals surface area contributed by atoms with Crippen LogP contribution in [0.2, 0.25) is 0 Å². The lowest BCUT2D eigenvalue weighted by Gasteiger charge is -2.29. The molecule has 2 N–H and O–H groups in total. The summed E-state index contributed by atoms with van der Waals surface area (Å²) in [5.41, 5.74) is 2.90. The van der Waals surface area contributed by atoms with Gasteiger partial charge in [-0.2, -0.15) is 0 Å². The summed E-state index contributed by atoms with van der Waals surface area (Å²) in [5, 5.41) is 7.90. The van der Waals surface area contributed by atoms with Gasteiger partial charge in [0.25, 0.3) is 0 Å². The first-order valence-electron chi connectivity index (χ1n) is 10.5. The molecule has 0 spiro atoms. The molecule has 1 atom stereocenters. The van der Waals surface area contributed by atoms with Crippen molar-refractivity contribution in [1.82, 2.24) is 10.2 Å². The molecule has 2 amide bonds. The molecule has 0 aromatic heterocycles. The molecule has 0 unspecified atom stereocenters. The molecule has 1 heterocycles. The van der Waals surface area contributed by atoms with E-state index < -0.39 is 11.8 Å². The Morgan fingerprint density at radius 3 is 2.37 bits per heavy atom.